The van der Waals surface area contributed by atoms with Gasteiger partial charge in [0.25, 0.3) is 0 Å². The highest BCUT2D eigenvalue weighted by molar-refractivity contribution is 8.01. The number of carbonyl (C=O) groups is 1. The average molecular weight is 325 g/mol. The fourth-order valence-electron chi connectivity index (χ4n) is 1.65. The van der Waals surface area contributed by atoms with Crippen molar-refractivity contribution in [3.05, 3.63) is 38.5 Å². The highest BCUT2D eigenvalue weighted by atomic mass is 32.2. The lowest BCUT2D eigenvalue weighted by Crippen LogP contribution is -1.99. The summed E-state index contributed by atoms with van der Waals surface area (Å²) in [4.78, 5) is 30.3. The SMILES string of the molecule is Cc1ccnc(Sc2nc(C)c(CC(=O)O)s2)c1[N+](=O)[O-]. The van der Waals surface area contributed by atoms with Gasteiger partial charge in [-0.3, -0.25) is 14.9 Å². The van der Waals surface area contributed by atoms with E-state index in [9.17, 15) is 14.9 Å². The molecule has 21 heavy (non-hydrogen) atoms. The molecule has 9 heteroatoms. The van der Waals surface area contributed by atoms with Crippen molar-refractivity contribution in [2.45, 2.75) is 29.6 Å². The highest BCUT2D eigenvalue weighted by Gasteiger charge is 2.21. The molecule has 0 amide bonds. The summed E-state index contributed by atoms with van der Waals surface area (Å²) in [6, 6.07) is 1.57. The number of pyridine rings is 1. The summed E-state index contributed by atoms with van der Waals surface area (Å²) in [5.74, 6) is -0.932. The molecular formula is C12H11N3O4S2. The second-order valence-electron chi connectivity index (χ2n) is 4.20. The van der Waals surface area contributed by atoms with Crippen molar-refractivity contribution in [1.29, 1.82) is 0 Å². The molecule has 0 spiro atoms. The molecule has 0 aliphatic rings. The highest BCUT2D eigenvalue weighted by Crippen LogP contribution is 2.37. The van der Waals surface area contributed by atoms with E-state index in [4.69, 9.17) is 5.11 Å². The molecule has 0 bridgehead atoms. The van der Waals surface area contributed by atoms with Crippen LogP contribution in [0.4, 0.5) is 5.69 Å². The predicted molar refractivity (Wildman–Crippen MR) is 77.9 cm³/mol. The second-order valence-corrected chi connectivity index (χ2v) is 6.52. The largest absolute Gasteiger partial charge is 0.481 e. The van der Waals surface area contributed by atoms with Crippen LogP contribution in [0.1, 0.15) is 16.1 Å². The van der Waals surface area contributed by atoms with Crippen molar-refractivity contribution in [2.75, 3.05) is 0 Å². The summed E-state index contributed by atoms with van der Waals surface area (Å²) in [5.41, 5.74) is 1.10. The molecule has 0 radical (unpaired) electrons. The maximum absolute atomic E-state index is 11.1. The van der Waals surface area contributed by atoms with Gasteiger partial charge in [0, 0.05) is 16.6 Å². The third kappa shape index (κ3) is 3.56. The Morgan fingerprint density at radius 3 is 2.86 bits per heavy atom. The summed E-state index contributed by atoms with van der Waals surface area (Å²) in [7, 11) is 0. The van der Waals surface area contributed by atoms with E-state index in [1.165, 1.54) is 17.5 Å². The summed E-state index contributed by atoms with van der Waals surface area (Å²) in [5, 5.41) is 20.2. The maximum atomic E-state index is 11.1. The lowest BCUT2D eigenvalue weighted by Gasteiger charge is -2.01. The van der Waals surface area contributed by atoms with Gasteiger partial charge >= 0.3 is 11.7 Å². The first-order chi connectivity index (χ1) is 9.88. The molecule has 2 rings (SSSR count). The fourth-order valence-corrected chi connectivity index (χ4v) is 3.93. The zero-order valence-electron chi connectivity index (χ0n) is 11.2. The summed E-state index contributed by atoms with van der Waals surface area (Å²) < 4.78 is 0.546. The van der Waals surface area contributed by atoms with E-state index in [2.05, 4.69) is 9.97 Å². The Morgan fingerprint density at radius 1 is 1.52 bits per heavy atom. The van der Waals surface area contributed by atoms with Crippen molar-refractivity contribution < 1.29 is 14.8 Å². The zero-order valence-corrected chi connectivity index (χ0v) is 12.8. The van der Waals surface area contributed by atoms with Crippen molar-refractivity contribution in [3.8, 4) is 0 Å². The van der Waals surface area contributed by atoms with Crippen LogP contribution in [0.5, 0.6) is 0 Å². The normalized spacial score (nSPS) is 10.6. The maximum Gasteiger partial charge on any atom is 0.308 e. The number of aromatic nitrogens is 2. The number of carboxylic acid groups (broad SMARTS) is 1. The molecule has 0 saturated carbocycles. The molecule has 7 nitrogen and oxygen atoms in total. The lowest BCUT2D eigenvalue weighted by atomic mass is 10.3. The van der Waals surface area contributed by atoms with E-state index in [0.717, 1.165) is 11.8 Å². The molecule has 0 atom stereocenters. The van der Waals surface area contributed by atoms with E-state index >= 15 is 0 Å². The number of hydrogen-bond donors (Lipinski definition) is 1. The van der Waals surface area contributed by atoms with E-state index in [0.29, 0.717) is 20.5 Å². The van der Waals surface area contributed by atoms with Crippen molar-refractivity contribution in [1.82, 2.24) is 9.97 Å². The fraction of sp³-hybridized carbons (Fsp3) is 0.250. The van der Waals surface area contributed by atoms with Gasteiger partial charge in [-0.15, -0.1) is 11.3 Å². The standard InChI is InChI=1S/C12H11N3O4S2/c1-6-3-4-13-11(10(6)15(18)19)21-12-14-7(2)8(20-12)5-9(16)17/h3-4H,5H2,1-2H3,(H,16,17). The van der Waals surface area contributed by atoms with Crippen molar-refractivity contribution >= 4 is 34.8 Å². The summed E-state index contributed by atoms with van der Waals surface area (Å²) in [6.45, 7) is 3.36. The number of thiazole rings is 1. The van der Waals surface area contributed by atoms with Crippen LogP contribution in [0.25, 0.3) is 0 Å². The van der Waals surface area contributed by atoms with Gasteiger partial charge in [0.1, 0.15) is 0 Å². The van der Waals surface area contributed by atoms with E-state index in [-0.39, 0.29) is 17.1 Å². The summed E-state index contributed by atoms with van der Waals surface area (Å²) >= 11 is 2.30. The Balaban J connectivity index is 2.33. The van der Waals surface area contributed by atoms with Crippen molar-refractivity contribution in [2.24, 2.45) is 0 Å². The van der Waals surface area contributed by atoms with Gasteiger partial charge in [-0.05, 0) is 31.7 Å². The number of nitro groups is 1. The molecule has 0 aromatic carbocycles. The number of aliphatic carboxylic acids is 1. The van der Waals surface area contributed by atoms with Crippen LogP contribution in [-0.4, -0.2) is 26.0 Å². The minimum absolute atomic E-state index is 0.0462. The smallest absolute Gasteiger partial charge is 0.308 e. The molecule has 2 aromatic rings. The van der Waals surface area contributed by atoms with Gasteiger partial charge in [0.2, 0.25) is 0 Å². The lowest BCUT2D eigenvalue weighted by molar-refractivity contribution is -0.388. The van der Waals surface area contributed by atoms with Crippen LogP contribution in [0, 0.1) is 24.0 Å². The van der Waals surface area contributed by atoms with Crippen molar-refractivity contribution in [3.63, 3.8) is 0 Å². The van der Waals surface area contributed by atoms with Gasteiger partial charge in [-0.25, -0.2) is 9.97 Å². The minimum atomic E-state index is -0.932. The molecule has 0 fully saturated rings. The molecule has 0 aliphatic heterocycles. The molecule has 0 aliphatic carbocycles. The van der Waals surface area contributed by atoms with E-state index in [1.54, 1.807) is 19.9 Å². The number of rotatable bonds is 5. The molecule has 2 heterocycles. The average Bonchev–Trinajstić information content (AvgIpc) is 2.68. The monoisotopic (exact) mass is 325 g/mol. The van der Waals surface area contributed by atoms with E-state index < -0.39 is 10.9 Å². The second kappa shape index (κ2) is 6.19. The van der Waals surface area contributed by atoms with Gasteiger partial charge < -0.3 is 5.11 Å². The Bertz CT molecular complexity index is 715. The number of nitrogens with zero attached hydrogens (tertiary/aromatic N) is 3. The van der Waals surface area contributed by atoms with E-state index in [1.807, 2.05) is 0 Å². The van der Waals surface area contributed by atoms with Gasteiger partial charge in [0.15, 0.2) is 9.37 Å². The minimum Gasteiger partial charge on any atom is -0.481 e. The van der Waals surface area contributed by atoms with Crippen LogP contribution in [-0.2, 0) is 11.2 Å². The quantitative estimate of drug-likeness (QED) is 0.665. The number of aryl methyl sites for hydroxylation is 2. The molecular weight excluding hydrogens is 314 g/mol. The Hall–Kier alpha value is -2.00. The van der Waals surface area contributed by atoms with Crippen LogP contribution in [0.2, 0.25) is 0 Å². The zero-order chi connectivity index (χ0) is 15.6. The van der Waals surface area contributed by atoms with Gasteiger partial charge in [-0.1, -0.05) is 0 Å². The van der Waals surface area contributed by atoms with Gasteiger partial charge in [0.05, 0.1) is 17.0 Å². The molecule has 0 unspecified atom stereocenters. The number of hydrogen-bond acceptors (Lipinski definition) is 7. The molecule has 2 aromatic heterocycles. The topological polar surface area (TPSA) is 106 Å². The first kappa shape index (κ1) is 15.4. The Kier molecular flexibility index (Phi) is 4.53. The molecule has 110 valence electrons. The predicted octanol–water partition coefficient (Wildman–Crippen LogP) is 2.84. The van der Waals surface area contributed by atoms with Crippen LogP contribution in [0.3, 0.4) is 0 Å². The van der Waals surface area contributed by atoms with Crippen LogP contribution >= 0.6 is 23.1 Å². The molecule has 0 saturated heterocycles. The summed E-state index contributed by atoms with van der Waals surface area (Å²) in [6.07, 6.45) is 1.40. The third-order valence-corrected chi connectivity index (χ3v) is 4.85. The Morgan fingerprint density at radius 2 is 2.24 bits per heavy atom. The van der Waals surface area contributed by atoms with Crippen LogP contribution in [0.15, 0.2) is 21.6 Å². The van der Waals surface area contributed by atoms with Crippen LogP contribution < -0.4 is 0 Å². The third-order valence-electron chi connectivity index (χ3n) is 2.64. The number of carboxylic acids is 1. The first-order valence-corrected chi connectivity index (χ1v) is 7.47. The molecule has 1 N–H and O–H groups in total. The Labute approximate surface area is 128 Å². The van der Waals surface area contributed by atoms with Gasteiger partial charge in [-0.2, -0.15) is 0 Å². The first-order valence-electron chi connectivity index (χ1n) is 5.84.